The van der Waals surface area contributed by atoms with Gasteiger partial charge in [-0.2, -0.15) is 15.5 Å². The summed E-state index contributed by atoms with van der Waals surface area (Å²) in [6.45, 7) is 2.23. The van der Waals surface area contributed by atoms with Crippen LogP contribution in [0.15, 0.2) is 79.5 Å². The van der Waals surface area contributed by atoms with Crippen LogP contribution in [0.5, 0.6) is 0 Å². The van der Waals surface area contributed by atoms with Crippen molar-refractivity contribution in [2.75, 3.05) is 31.1 Å². The number of aliphatic hydroxyl groups is 1. The highest BCUT2D eigenvalue weighted by Gasteiger charge is 2.27. The summed E-state index contributed by atoms with van der Waals surface area (Å²) in [4.78, 5) is 21.4. The van der Waals surface area contributed by atoms with Gasteiger partial charge in [0.2, 0.25) is 0 Å². The molecule has 1 fully saturated rings. The maximum absolute atomic E-state index is 12.8. The normalized spacial score (nSPS) is 14.4. The van der Waals surface area contributed by atoms with Gasteiger partial charge in [-0.15, -0.1) is 0 Å². The lowest BCUT2D eigenvalue weighted by atomic mass is 10.0. The van der Waals surface area contributed by atoms with Crippen molar-refractivity contribution in [3.63, 3.8) is 0 Å². The fourth-order valence-electron chi connectivity index (χ4n) is 4.99. The second kappa shape index (κ2) is 10.0. The number of anilines is 1. The number of pyridine rings is 2. The number of nitriles is 1. The molecule has 194 valence electrons. The third-order valence-electron chi connectivity index (χ3n) is 7.09. The minimum atomic E-state index is -1.16. The molecular weight excluding hydrogens is 492 g/mol. The zero-order valence-electron chi connectivity index (χ0n) is 21.3. The Morgan fingerprint density at radius 2 is 1.74 bits per heavy atom. The average Bonchev–Trinajstić information content (AvgIpc) is 3.62. The van der Waals surface area contributed by atoms with Gasteiger partial charge in [-0.1, -0.05) is 30.3 Å². The van der Waals surface area contributed by atoms with E-state index in [0.717, 1.165) is 33.6 Å². The first-order valence-corrected chi connectivity index (χ1v) is 12.7. The van der Waals surface area contributed by atoms with Crippen LogP contribution in [0.25, 0.3) is 27.8 Å². The van der Waals surface area contributed by atoms with Gasteiger partial charge in [0, 0.05) is 74.1 Å². The molecule has 1 amide bonds. The molecule has 0 aliphatic carbocycles. The van der Waals surface area contributed by atoms with E-state index >= 15 is 0 Å². The van der Waals surface area contributed by atoms with Crippen molar-refractivity contribution >= 4 is 17.2 Å². The van der Waals surface area contributed by atoms with Crippen molar-refractivity contribution in [3.05, 3.63) is 90.6 Å². The fraction of sp³-hybridized carbons (Fsp3) is 0.207. The Morgan fingerprint density at radius 1 is 0.949 bits per heavy atom. The first kappa shape index (κ1) is 24.3. The molecule has 5 aromatic rings. The van der Waals surface area contributed by atoms with E-state index in [1.807, 2.05) is 62.0 Å². The van der Waals surface area contributed by atoms with E-state index in [2.05, 4.69) is 21.2 Å². The fourth-order valence-corrected chi connectivity index (χ4v) is 4.99. The summed E-state index contributed by atoms with van der Waals surface area (Å²) in [5, 5.41) is 28.9. The molecule has 0 spiro atoms. The Hall–Kier alpha value is -5.01. The van der Waals surface area contributed by atoms with Gasteiger partial charge < -0.3 is 14.9 Å². The number of nitrogens with zero attached hydrogens (tertiary/aromatic N) is 8. The highest BCUT2D eigenvalue weighted by Crippen LogP contribution is 2.32. The lowest BCUT2D eigenvalue weighted by Gasteiger charge is -2.36. The number of rotatable bonds is 5. The number of amides is 1. The van der Waals surface area contributed by atoms with E-state index in [9.17, 15) is 15.2 Å². The maximum atomic E-state index is 12.8. The van der Waals surface area contributed by atoms with E-state index in [1.165, 1.54) is 0 Å². The topological polar surface area (TPSA) is 116 Å². The van der Waals surface area contributed by atoms with Crippen LogP contribution in [-0.2, 0) is 11.8 Å². The smallest absolute Gasteiger partial charge is 0.256 e. The van der Waals surface area contributed by atoms with E-state index in [4.69, 9.17) is 4.98 Å². The van der Waals surface area contributed by atoms with Gasteiger partial charge in [-0.25, -0.2) is 9.50 Å². The third-order valence-corrected chi connectivity index (χ3v) is 7.09. The van der Waals surface area contributed by atoms with Crippen LogP contribution >= 0.6 is 0 Å². The molecule has 5 heterocycles. The third kappa shape index (κ3) is 4.60. The number of hydrogen-bond acceptors (Lipinski definition) is 7. The summed E-state index contributed by atoms with van der Waals surface area (Å²) in [5.41, 5.74) is 5.42. The number of aromatic nitrogens is 5. The number of aryl methyl sites for hydroxylation is 1. The second-order valence-electron chi connectivity index (χ2n) is 9.54. The summed E-state index contributed by atoms with van der Waals surface area (Å²) >= 11 is 0. The van der Waals surface area contributed by atoms with Crippen molar-refractivity contribution in [2.24, 2.45) is 7.05 Å². The van der Waals surface area contributed by atoms with Gasteiger partial charge in [0.05, 0.1) is 23.5 Å². The number of hydrogen-bond donors (Lipinski definition) is 1. The Morgan fingerprint density at radius 3 is 2.41 bits per heavy atom. The predicted octanol–water partition coefficient (Wildman–Crippen LogP) is 3.05. The van der Waals surface area contributed by atoms with E-state index < -0.39 is 6.10 Å². The molecule has 1 aliphatic heterocycles. The maximum Gasteiger partial charge on any atom is 0.256 e. The summed E-state index contributed by atoms with van der Waals surface area (Å²) < 4.78 is 3.47. The molecule has 4 aromatic heterocycles. The standard InChI is InChI=1S/C29H26N8O2/c1-34-18-24(17-32-34)22-13-25(27-23(14-30)16-33-37(27)19-22)21-7-8-26(31-15-21)35-9-11-36(12-10-35)29(39)28(38)20-5-3-2-4-6-20/h2-8,13,15-19,28,38H,9-12H2,1H3. The SMILES string of the molecule is Cn1cc(-c2cc(-c3ccc(N4CCN(C(=O)C(O)c5ccccc5)CC4)nc3)c3c(C#N)cnn3c2)cn1. The summed E-state index contributed by atoms with van der Waals surface area (Å²) in [6.07, 6.45) is 7.85. The molecule has 10 heteroatoms. The Labute approximate surface area is 225 Å². The highest BCUT2D eigenvalue weighted by molar-refractivity contribution is 5.87. The van der Waals surface area contributed by atoms with Gasteiger partial charge >= 0.3 is 0 Å². The molecule has 1 aromatic carbocycles. The Bertz CT molecular complexity index is 1680. The molecule has 0 bridgehead atoms. The molecule has 1 unspecified atom stereocenters. The Kier molecular flexibility index (Phi) is 6.26. The second-order valence-corrected chi connectivity index (χ2v) is 9.54. The molecule has 1 N–H and O–H groups in total. The molecule has 1 aliphatic rings. The lowest BCUT2D eigenvalue weighted by molar-refractivity contribution is -0.140. The predicted molar refractivity (Wildman–Crippen MR) is 146 cm³/mol. The Balaban J connectivity index is 1.22. The zero-order chi connectivity index (χ0) is 26.9. The summed E-state index contributed by atoms with van der Waals surface area (Å²) in [6, 6.07) is 17.2. The number of fused-ring (bicyclic) bond motifs is 1. The molecule has 0 radical (unpaired) electrons. The van der Waals surface area contributed by atoms with Crippen molar-refractivity contribution in [2.45, 2.75) is 6.10 Å². The van der Waals surface area contributed by atoms with Gasteiger partial charge in [0.25, 0.3) is 5.91 Å². The molecule has 1 atom stereocenters. The van der Waals surface area contributed by atoms with Crippen LogP contribution < -0.4 is 4.90 Å². The largest absolute Gasteiger partial charge is 0.378 e. The van der Waals surface area contributed by atoms with Crippen molar-refractivity contribution in [1.29, 1.82) is 5.26 Å². The van der Waals surface area contributed by atoms with Crippen LogP contribution in [0.3, 0.4) is 0 Å². The summed E-state index contributed by atoms with van der Waals surface area (Å²) in [7, 11) is 1.87. The van der Waals surface area contributed by atoms with Crippen LogP contribution in [0.4, 0.5) is 5.82 Å². The van der Waals surface area contributed by atoms with Crippen molar-refractivity contribution in [1.82, 2.24) is 29.3 Å². The van der Waals surface area contributed by atoms with Crippen LogP contribution in [-0.4, -0.2) is 66.5 Å². The highest BCUT2D eigenvalue weighted by atomic mass is 16.3. The van der Waals surface area contributed by atoms with Crippen molar-refractivity contribution < 1.29 is 9.90 Å². The van der Waals surface area contributed by atoms with Crippen LogP contribution in [0, 0.1) is 11.3 Å². The summed E-state index contributed by atoms with van der Waals surface area (Å²) in [5.74, 6) is 0.527. The number of aliphatic hydroxyl groups excluding tert-OH is 1. The van der Waals surface area contributed by atoms with Crippen LogP contribution in [0.1, 0.15) is 17.2 Å². The van der Waals surface area contributed by atoms with E-state index in [1.54, 1.807) is 38.6 Å². The molecule has 10 nitrogen and oxygen atoms in total. The quantitative estimate of drug-likeness (QED) is 0.380. The first-order chi connectivity index (χ1) is 19.0. The molecule has 1 saturated heterocycles. The number of piperazine rings is 1. The molecule has 0 saturated carbocycles. The number of carbonyl (C=O) groups excluding carboxylic acids is 1. The van der Waals surface area contributed by atoms with Gasteiger partial charge in [0.15, 0.2) is 6.10 Å². The van der Waals surface area contributed by atoms with E-state index in [-0.39, 0.29) is 5.91 Å². The van der Waals surface area contributed by atoms with Gasteiger partial charge in [-0.05, 0) is 23.8 Å². The molecular formula is C29H26N8O2. The van der Waals surface area contributed by atoms with Crippen molar-refractivity contribution in [3.8, 4) is 28.3 Å². The lowest BCUT2D eigenvalue weighted by Crippen LogP contribution is -2.50. The molecule has 39 heavy (non-hydrogen) atoms. The monoisotopic (exact) mass is 518 g/mol. The minimum Gasteiger partial charge on any atom is -0.378 e. The van der Waals surface area contributed by atoms with Gasteiger partial charge in [-0.3, -0.25) is 9.48 Å². The van der Waals surface area contributed by atoms with Gasteiger partial charge in [0.1, 0.15) is 11.9 Å². The minimum absolute atomic E-state index is 0.282. The van der Waals surface area contributed by atoms with E-state index in [0.29, 0.717) is 37.3 Å². The first-order valence-electron chi connectivity index (χ1n) is 12.7. The number of carbonyl (C=O) groups is 1. The van der Waals surface area contributed by atoms with Crippen LogP contribution in [0.2, 0.25) is 0 Å². The zero-order valence-corrected chi connectivity index (χ0v) is 21.3. The average molecular weight is 519 g/mol. The number of benzene rings is 1. The molecule has 6 rings (SSSR count).